The van der Waals surface area contributed by atoms with Gasteiger partial charge in [-0.1, -0.05) is 313 Å². The minimum absolute atomic E-state index is 0.241. The van der Waals surface area contributed by atoms with E-state index in [-0.39, 0.29) is 18.9 Å². The van der Waals surface area contributed by atoms with Crippen molar-refractivity contribution in [2.45, 2.75) is 433 Å². The predicted molar refractivity (Wildman–Crippen MR) is 397 cm³/mol. The van der Waals surface area contributed by atoms with Gasteiger partial charge in [0.15, 0.2) is 18.9 Å². The Morgan fingerprint density at radius 1 is 0.360 bits per heavy atom. The summed E-state index contributed by atoms with van der Waals surface area (Å²) in [5.74, 6) is -0.274. The summed E-state index contributed by atoms with van der Waals surface area (Å²) in [5, 5.41) is 121. The number of allylic oxidation sites excluding steroid dienone is 7. The number of aliphatic hydroxyl groups is 11. The summed E-state index contributed by atoms with van der Waals surface area (Å²) in [6.45, 7) is 1.77. The summed E-state index contributed by atoms with van der Waals surface area (Å²) in [5.41, 5.74) is 0. The molecule has 0 bridgehead atoms. The van der Waals surface area contributed by atoms with Crippen LogP contribution in [0, 0.1) is 0 Å². The number of rotatable bonds is 65. The molecule has 3 aliphatic heterocycles. The van der Waals surface area contributed by atoms with Crippen LogP contribution in [0.3, 0.4) is 0 Å². The first-order chi connectivity index (χ1) is 48.8. The maximum absolute atomic E-state index is 13.5. The Morgan fingerprint density at radius 2 is 0.660 bits per heavy atom. The average Bonchev–Trinajstić information content (AvgIpc) is 0.783. The molecule has 0 aromatic heterocycles. The predicted octanol–water partition coefficient (Wildman–Crippen LogP) is 13.7. The van der Waals surface area contributed by atoms with Gasteiger partial charge < -0.3 is 89.9 Å². The zero-order chi connectivity index (χ0) is 72.5. The molecule has 3 aliphatic rings. The first-order valence-corrected chi connectivity index (χ1v) is 40.9. The number of ether oxygens (including phenoxy) is 6. The van der Waals surface area contributed by atoms with Crippen LogP contribution in [0.15, 0.2) is 48.6 Å². The molecule has 0 saturated carbocycles. The third-order valence-electron chi connectivity index (χ3n) is 20.4. The second-order valence-corrected chi connectivity index (χ2v) is 29.2. The number of unbranched alkanes of at least 4 members (excludes halogenated alkanes) is 43. The average molecular weight is 1430 g/mol. The lowest BCUT2D eigenvalue weighted by Gasteiger charge is -2.48. The van der Waals surface area contributed by atoms with Crippen LogP contribution in [0.5, 0.6) is 0 Å². The molecule has 0 aliphatic carbocycles. The number of carbonyl (C=O) groups excluding carboxylic acids is 1. The molecule has 3 fully saturated rings. The van der Waals surface area contributed by atoms with E-state index in [1.807, 2.05) is 6.08 Å². The Morgan fingerprint density at radius 3 is 1.03 bits per heavy atom. The fraction of sp³-hybridized carbons (Fsp3) is 0.889. The summed E-state index contributed by atoms with van der Waals surface area (Å²) in [6.07, 6.45) is 50.9. The summed E-state index contributed by atoms with van der Waals surface area (Å²) in [4.78, 5) is 13.5. The molecule has 3 rings (SSSR count). The van der Waals surface area contributed by atoms with E-state index in [4.69, 9.17) is 28.4 Å². The fourth-order valence-electron chi connectivity index (χ4n) is 13.8. The van der Waals surface area contributed by atoms with Crippen molar-refractivity contribution >= 4 is 5.91 Å². The second kappa shape index (κ2) is 61.9. The molecule has 19 heteroatoms. The summed E-state index contributed by atoms with van der Waals surface area (Å²) in [6, 6.07) is -0.977. The smallest absolute Gasteiger partial charge is 0.220 e. The number of carbonyl (C=O) groups is 1. The first kappa shape index (κ1) is 92.0. The molecule has 0 spiro atoms. The van der Waals surface area contributed by atoms with Crippen molar-refractivity contribution in [2.24, 2.45) is 0 Å². The largest absolute Gasteiger partial charge is 0.394 e. The van der Waals surface area contributed by atoms with Crippen LogP contribution < -0.4 is 5.32 Å². The van der Waals surface area contributed by atoms with Crippen molar-refractivity contribution in [2.75, 3.05) is 26.4 Å². The van der Waals surface area contributed by atoms with Crippen LogP contribution in [-0.4, -0.2) is 193 Å². The Hall–Kier alpha value is -2.25. The normalized spacial score (nSPS) is 26.7. The van der Waals surface area contributed by atoms with Crippen molar-refractivity contribution in [3.63, 3.8) is 0 Å². The maximum atomic E-state index is 13.5. The molecule has 100 heavy (non-hydrogen) atoms. The van der Waals surface area contributed by atoms with Gasteiger partial charge in [0.2, 0.25) is 5.91 Å². The van der Waals surface area contributed by atoms with Crippen LogP contribution in [0.4, 0.5) is 0 Å². The Balaban J connectivity index is 1.38. The lowest BCUT2D eigenvalue weighted by molar-refractivity contribution is -0.379. The molecule has 0 aromatic rings. The highest BCUT2D eigenvalue weighted by molar-refractivity contribution is 5.76. The molecule has 12 N–H and O–H groups in total. The SMILES string of the molecule is CCCCCCC/C=C\C/C=C\C/C=C\CCCCCCCCCCCCCCC(=O)NC(COC1OC(CO)C(OC2OC(CO)C(OC3OC(CO)C(O)C(O)C3O)C(O)C2O)C(O)C1O)C(O)/C=C/CCCCCCCCCCCCCCCCCCCCCCCCCCCC. The molecule has 0 radical (unpaired) electrons. The topological polar surface area (TPSA) is 307 Å². The van der Waals surface area contributed by atoms with Gasteiger partial charge in [-0.15, -0.1) is 0 Å². The molecule has 586 valence electrons. The van der Waals surface area contributed by atoms with E-state index in [1.165, 1.54) is 238 Å². The van der Waals surface area contributed by atoms with Gasteiger partial charge in [0, 0.05) is 6.42 Å². The van der Waals surface area contributed by atoms with Crippen molar-refractivity contribution in [3.05, 3.63) is 48.6 Å². The minimum atomic E-state index is -1.98. The number of hydrogen-bond donors (Lipinski definition) is 12. The van der Waals surface area contributed by atoms with Crippen LogP contribution in [0.2, 0.25) is 0 Å². The molecular weight excluding hydrogens is 1270 g/mol. The van der Waals surface area contributed by atoms with Crippen molar-refractivity contribution in [3.8, 4) is 0 Å². The van der Waals surface area contributed by atoms with Crippen LogP contribution in [0.25, 0.3) is 0 Å². The first-order valence-electron chi connectivity index (χ1n) is 40.9. The van der Waals surface area contributed by atoms with Crippen molar-refractivity contribution < 1.29 is 89.4 Å². The molecular formula is C81H149NO18. The monoisotopic (exact) mass is 1420 g/mol. The van der Waals surface area contributed by atoms with Gasteiger partial charge in [0.25, 0.3) is 0 Å². The number of nitrogens with one attached hydrogen (secondary N) is 1. The summed E-state index contributed by atoms with van der Waals surface area (Å²) in [7, 11) is 0. The highest BCUT2D eigenvalue weighted by Crippen LogP contribution is 2.33. The minimum Gasteiger partial charge on any atom is -0.394 e. The van der Waals surface area contributed by atoms with E-state index in [9.17, 15) is 61.0 Å². The number of aliphatic hydroxyl groups excluding tert-OH is 11. The van der Waals surface area contributed by atoms with Gasteiger partial charge in [0.05, 0.1) is 38.6 Å². The van der Waals surface area contributed by atoms with Gasteiger partial charge >= 0.3 is 0 Å². The third-order valence-corrected chi connectivity index (χ3v) is 20.4. The lowest BCUT2D eigenvalue weighted by Crippen LogP contribution is -2.66. The van der Waals surface area contributed by atoms with E-state index in [0.29, 0.717) is 6.42 Å². The third kappa shape index (κ3) is 41.6. The van der Waals surface area contributed by atoms with E-state index >= 15 is 0 Å². The zero-order valence-corrected chi connectivity index (χ0v) is 62.7. The van der Waals surface area contributed by atoms with Crippen molar-refractivity contribution in [1.29, 1.82) is 0 Å². The van der Waals surface area contributed by atoms with E-state index < -0.39 is 124 Å². The van der Waals surface area contributed by atoms with E-state index in [2.05, 4.69) is 55.6 Å². The fourth-order valence-corrected chi connectivity index (χ4v) is 13.8. The molecule has 3 saturated heterocycles. The van der Waals surface area contributed by atoms with Crippen LogP contribution in [0.1, 0.15) is 328 Å². The van der Waals surface area contributed by atoms with Gasteiger partial charge in [-0.3, -0.25) is 4.79 Å². The summed E-state index contributed by atoms with van der Waals surface area (Å²) < 4.78 is 34.5. The quantitative estimate of drug-likeness (QED) is 0.0199. The van der Waals surface area contributed by atoms with Crippen LogP contribution >= 0.6 is 0 Å². The standard InChI is InChI=1S/C81H149NO18/c1-3-5-7-9-11-13-15-17-19-21-23-25-27-29-31-33-34-36-38-40-42-44-46-48-50-52-54-56-58-65(86)64(82-69(87)59-57-55-53-51-49-47-45-43-41-39-37-35-32-30-28-26-24-22-20-18-16-14-12-10-8-6-4-2)63-95-79-75(93)72(90)77(67(61-84)97-79)100-81-76(94)73(91)78(68(62-85)98-81)99-80-74(92)71(89)70(88)66(60-83)96-80/h16,18,22,24,28,30,56,58,64-68,70-81,83-86,88-94H,3-15,17,19-21,23,25-27,29,31-55,57,59-63H2,1-2H3,(H,82,87)/b18-16-,24-22-,30-28-,58-56+. The molecule has 3 heterocycles. The molecule has 1 amide bonds. The number of amides is 1. The van der Waals surface area contributed by atoms with Gasteiger partial charge in [0.1, 0.15) is 73.2 Å². The maximum Gasteiger partial charge on any atom is 0.220 e. The zero-order valence-electron chi connectivity index (χ0n) is 62.7. The Bertz CT molecular complexity index is 1990. The van der Waals surface area contributed by atoms with Gasteiger partial charge in [-0.2, -0.15) is 0 Å². The van der Waals surface area contributed by atoms with Gasteiger partial charge in [-0.05, 0) is 57.8 Å². The second-order valence-electron chi connectivity index (χ2n) is 29.2. The molecule has 0 aromatic carbocycles. The molecule has 17 unspecified atom stereocenters. The lowest BCUT2D eigenvalue weighted by atomic mass is 9.96. The molecule has 17 atom stereocenters. The highest BCUT2D eigenvalue weighted by atomic mass is 16.8. The number of hydrogen-bond acceptors (Lipinski definition) is 18. The van der Waals surface area contributed by atoms with E-state index in [0.717, 1.165) is 64.2 Å². The highest BCUT2D eigenvalue weighted by Gasteiger charge is 2.54. The Kier molecular flexibility index (Phi) is 56.9. The van der Waals surface area contributed by atoms with Crippen molar-refractivity contribution in [1.82, 2.24) is 5.32 Å². The van der Waals surface area contributed by atoms with E-state index in [1.54, 1.807) is 6.08 Å². The van der Waals surface area contributed by atoms with Crippen LogP contribution in [-0.2, 0) is 33.2 Å². The summed E-state index contributed by atoms with van der Waals surface area (Å²) >= 11 is 0. The Labute approximate surface area is 605 Å². The van der Waals surface area contributed by atoms with Gasteiger partial charge in [-0.25, -0.2) is 0 Å². The molecule has 19 nitrogen and oxygen atoms in total.